The van der Waals surface area contributed by atoms with Crippen LogP contribution in [0.25, 0.3) is 0 Å². The second kappa shape index (κ2) is 7.90. The van der Waals surface area contributed by atoms with E-state index >= 15 is 0 Å². The van der Waals surface area contributed by atoms with Crippen LogP contribution < -0.4 is 4.90 Å². The van der Waals surface area contributed by atoms with Crippen LogP contribution in [-0.2, 0) is 6.54 Å². The molecule has 5 heteroatoms. The Balaban J connectivity index is 1.72. The van der Waals surface area contributed by atoms with Crippen LogP contribution in [0.2, 0.25) is 0 Å². The Bertz CT molecular complexity index is 666. The van der Waals surface area contributed by atoms with E-state index in [1.165, 1.54) is 18.4 Å². The van der Waals surface area contributed by atoms with Crippen molar-refractivity contribution in [2.75, 3.05) is 25.0 Å². The summed E-state index contributed by atoms with van der Waals surface area (Å²) in [5.41, 5.74) is 1.68. The van der Waals surface area contributed by atoms with Crippen LogP contribution in [0.3, 0.4) is 0 Å². The quantitative estimate of drug-likeness (QED) is 0.867. The van der Waals surface area contributed by atoms with E-state index in [-0.39, 0.29) is 5.91 Å². The zero-order valence-corrected chi connectivity index (χ0v) is 14.2. The lowest BCUT2D eigenvalue weighted by Crippen LogP contribution is -2.33. The molecule has 0 bridgehead atoms. The molecular weight excluding hydrogens is 300 g/mol. The van der Waals surface area contributed by atoms with Gasteiger partial charge in [0.2, 0.25) is 5.95 Å². The minimum Gasteiger partial charge on any atom is -0.340 e. The van der Waals surface area contributed by atoms with Gasteiger partial charge in [0, 0.05) is 32.9 Å². The number of hydrogen-bond donors (Lipinski definition) is 0. The monoisotopic (exact) mass is 324 g/mol. The molecule has 2 heterocycles. The number of aromatic nitrogens is 2. The van der Waals surface area contributed by atoms with E-state index in [9.17, 15) is 4.79 Å². The fourth-order valence-corrected chi connectivity index (χ4v) is 3.02. The minimum absolute atomic E-state index is 0.0219. The molecular formula is C19H24N4O. The molecule has 1 fully saturated rings. The summed E-state index contributed by atoms with van der Waals surface area (Å²) in [6.45, 7) is 2.37. The third-order valence-corrected chi connectivity index (χ3v) is 4.36. The van der Waals surface area contributed by atoms with Crippen molar-refractivity contribution < 1.29 is 4.79 Å². The maximum atomic E-state index is 12.7. The van der Waals surface area contributed by atoms with E-state index < -0.39 is 0 Å². The predicted molar refractivity (Wildman–Crippen MR) is 95.0 cm³/mol. The van der Waals surface area contributed by atoms with Gasteiger partial charge in [-0.2, -0.15) is 0 Å². The molecule has 1 saturated heterocycles. The molecule has 2 aromatic rings. The Morgan fingerprint density at radius 3 is 2.50 bits per heavy atom. The van der Waals surface area contributed by atoms with Gasteiger partial charge < -0.3 is 9.80 Å². The Labute approximate surface area is 143 Å². The van der Waals surface area contributed by atoms with Gasteiger partial charge in [-0.3, -0.25) is 4.79 Å². The summed E-state index contributed by atoms with van der Waals surface area (Å²) >= 11 is 0. The molecule has 1 aliphatic rings. The average Bonchev–Trinajstić information content (AvgIpc) is 2.91. The molecule has 126 valence electrons. The van der Waals surface area contributed by atoms with Crippen LogP contribution in [0.15, 0.2) is 42.6 Å². The summed E-state index contributed by atoms with van der Waals surface area (Å²) in [5, 5.41) is 0. The van der Waals surface area contributed by atoms with Crippen molar-refractivity contribution in [3.8, 4) is 0 Å². The third-order valence-electron chi connectivity index (χ3n) is 4.36. The van der Waals surface area contributed by atoms with Gasteiger partial charge in [0.1, 0.15) is 5.69 Å². The van der Waals surface area contributed by atoms with Crippen molar-refractivity contribution in [3.05, 3.63) is 53.9 Å². The number of nitrogens with zero attached hydrogens (tertiary/aromatic N) is 4. The first-order valence-electron chi connectivity index (χ1n) is 8.61. The molecule has 0 N–H and O–H groups in total. The summed E-state index contributed by atoms with van der Waals surface area (Å²) in [6.07, 6.45) is 6.25. The first-order chi connectivity index (χ1) is 11.7. The first-order valence-corrected chi connectivity index (χ1v) is 8.61. The zero-order chi connectivity index (χ0) is 16.8. The SMILES string of the molecule is CN(Cc1ccccc1)c1nccc(C(=O)N2CCCCCC2)n1. The molecule has 0 saturated carbocycles. The van der Waals surface area contributed by atoms with Crippen LogP contribution in [0.4, 0.5) is 5.95 Å². The highest BCUT2D eigenvalue weighted by atomic mass is 16.2. The molecule has 0 atom stereocenters. The molecule has 0 spiro atoms. The van der Waals surface area contributed by atoms with Crippen molar-refractivity contribution >= 4 is 11.9 Å². The Hall–Kier alpha value is -2.43. The maximum absolute atomic E-state index is 12.7. The Morgan fingerprint density at radius 2 is 1.79 bits per heavy atom. The van der Waals surface area contributed by atoms with Gasteiger partial charge in [0.25, 0.3) is 5.91 Å². The molecule has 0 aliphatic carbocycles. The van der Waals surface area contributed by atoms with Gasteiger partial charge in [0.05, 0.1) is 0 Å². The standard InChI is InChI=1S/C19H24N4O/c1-22(15-16-9-5-4-6-10-16)19-20-12-11-17(21-19)18(24)23-13-7-2-3-8-14-23/h4-6,9-12H,2-3,7-8,13-15H2,1H3. The fourth-order valence-electron chi connectivity index (χ4n) is 3.02. The van der Waals surface area contributed by atoms with Crippen molar-refractivity contribution in [2.24, 2.45) is 0 Å². The van der Waals surface area contributed by atoms with Crippen LogP contribution in [0, 0.1) is 0 Å². The number of amides is 1. The highest BCUT2D eigenvalue weighted by Crippen LogP contribution is 2.15. The molecule has 1 amide bonds. The van der Waals surface area contributed by atoms with E-state index in [4.69, 9.17) is 0 Å². The van der Waals surface area contributed by atoms with Gasteiger partial charge in [-0.1, -0.05) is 43.2 Å². The van der Waals surface area contributed by atoms with E-state index in [1.807, 2.05) is 35.0 Å². The van der Waals surface area contributed by atoms with Crippen LogP contribution >= 0.6 is 0 Å². The van der Waals surface area contributed by atoms with Gasteiger partial charge in [-0.15, -0.1) is 0 Å². The molecule has 1 aliphatic heterocycles. The number of hydrogen-bond acceptors (Lipinski definition) is 4. The molecule has 0 radical (unpaired) electrons. The van der Waals surface area contributed by atoms with Crippen molar-refractivity contribution in [1.29, 1.82) is 0 Å². The highest BCUT2D eigenvalue weighted by Gasteiger charge is 2.19. The maximum Gasteiger partial charge on any atom is 0.272 e. The normalized spacial score (nSPS) is 15.0. The lowest BCUT2D eigenvalue weighted by atomic mass is 10.2. The van der Waals surface area contributed by atoms with Gasteiger partial charge in [-0.05, 0) is 24.5 Å². The minimum atomic E-state index is 0.0219. The zero-order valence-electron chi connectivity index (χ0n) is 14.2. The molecule has 5 nitrogen and oxygen atoms in total. The summed E-state index contributed by atoms with van der Waals surface area (Å²) in [6, 6.07) is 11.9. The molecule has 1 aromatic carbocycles. The second-order valence-corrected chi connectivity index (χ2v) is 6.29. The Kier molecular flexibility index (Phi) is 5.41. The molecule has 0 unspecified atom stereocenters. The van der Waals surface area contributed by atoms with Crippen LogP contribution in [-0.4, -0.2) is 40.9 Å². The summed E-state index contributed by atoms with van der Waals surface area (Å²) in [5.74, 6) is 0.605. The average molecular weight is 324 g/mol. The number of likely N-dealkylation sites (tertiary alicyclic amines) is 1. The van der Waals surface area contributed by atoms with Crippen molar-refractivity contribution in [2.45, 2.75) is 32.2 Å². The Morgan fingerprint density at radius 1 is 1.08 bits per heavy atom. The van der Waals surface area contributed by atoms with E-state index in [0.717, 1.165) is 25.9 Å². The second-order valence-electron chi connectivity index (χ2n) is 6.29. The first kappa shape index (κ1) is 16.4. The number of benzene rings is 1. The molecule has 24 heavy (non-hydrogen) atoms. The van der Waals surface area contributed by atoms with E-state index in [1.54, 1.807) is 12.3 Å². The summed E-state index contributed by atoms with van der Waals surface area (Å²) in [4.78, 5) is 25.4. The topological polar surface area (TPSA) is 49.3 Å². The number of anilines is 1. The highest BCUT2D eigenvalue weighted by molar-refractivity contribution is 5.92. The van der Waals surface area contributed by atoms with Gasteiger partial charge in [0.15, 0.2) is 0 Å². The van der Waals surface area contributed by atoms with Crippen LogP contribution in [0.5, 0.6) is 0 Å². The van der Waals surface area contributed by atoms with E-state index in [2.05, 4.69) is 22.1 Å². The van der Waals surface area contributed by atoms with Gasteiger partial charge >= 0.3 is 0 Å². The third kappa shape index (κ3) is 4.10. The fraction of sp³-hybridized carbons (Fsp3) is 0.421. The number of carbonyl (C=O) groups excluding carboxylic acids is 1. The number of carbonyl (C=O) groups is 1. The van der Waals surface area contributed by atoms with Crippen molar-refractivity contribution in [3.63, 3.8) is 0 Å². The summed E-state index contributed by atoms with van der Waals surface area (Å²) in [7, 11) is 1.95. The predicted octanol–water partition coefficient (Wildman–Crippen LogP) is 3.13. The van der Waals surface area contributed by atoms with Crippen molar-refractivity contribution in [1.82, 2.24) is 14.9 Å². The van der Waals surface area contributed by atoms with E-state index in [0.29, 0.717) is 18.2 Å². The molecule has 1 aromatic heterocycles. The smallest absolute Gasteiger partial charge is 0.272 e. The lowest BCUT2D eigenvalue weighted by Gasteiger charge is -2.21. The molecule has 3 rings (SSSR count). The summed E-state index contributed by atoms with van der Waals surface area (Å²) < 4.78 is 0. The largest absolute Gasteiger partial charge is 0.340 e. The lowest BCUT2D eigenvalue weighted by molar-refractivity contribution is 0.0755. The van der Waals surface area contributed by atoms with Crippen LogP contribution in [0.1, 0.15) is 41.7 Å². The van der Waals surface area contributed by atoms with Gasteiger partial charge in [-0.25, -0.2) is 9.97 Å². The number of rotatable bonds is 4.